The molecule has 0 radical (unpaired) electrons. The third-order valence-electron chi connectivity index (χ3n) is 4.69. The minimum Gasteiger partial charge on any atom is -0.349 e. The number of benzene rings is 1. The molecule has 1 N–H and O–H groups in total. The first-order valence-electron chi connectivity index (χ1n) is 9.60. The lowest BCUT2D eigenvalue weighted by Gasteiger charge is -2.10. The number of thioether (sulfide) groups is 1. The van der Waals surface area contributed by atoms with Crippen LogP contribution in [-0.2, 0) is 6.54 Å². The van der Waals surface area contributed by atoms with E-state index in [4.69, 9.17) is 4.98 Å². The van der Waals surface area contributed by atoms with Gasteiger partial charge < -0.3 is 5.32 Å². The summed E-state index contributed by atoms with van der Waals surface area (Å²) in [5, 5.41) is 9.19. The van der Waals surface area contributed by atoms with Gasteiger partial charge in [0.2, 0.25) is 0 Å². The Balaban J connectivity index is 1.35. The highest BCUT2D eigenvalue weighted by atomic mass is 32.2. The van der Waals surface area contributed by atoms with Crippen molar-refractivity contribution < 1.29 is 4.79 Å². The van der Waals surface area contributed by atoms with Crippen molar-refractivity contribution in [2.75, 3.05) is 5.75 Å². The number of unbranched alkanes of at least 4 members (excludes halogenated alkanes) is 2. The second-order valence-electron chi connectivity index (χ2n) is 6.95. The lowest BCUT2D eigenvalue weighted by atomic mass is 10.1. The Hall–Kier alpha value is -2.34. The molecule has 0 bridgehead atoms. The number of nitrogens with zero attached hydrogens (tertiary/aromatic N) is 3. The van der Waals surface area contributed by atoms with Crippen LogP contribution in [0.5, 0.6) is 0 Å². The number of hydrogen-bond acceptors (Lipinski definition) is 4. The van der Waals surface area contributed by atoms with E-state index in [1.165, 1.54) is 0 Å². The second-order valence-corrected chi connectivity index (χ2v) is 8.07. The van der Waals surface area contributed by atoms with Gasteiger partial charge in [-0.15, -0.1) is 11.8 Å². The summed E-state index contributed by atoms with van der Waals surface area (Å²) in [6.45, 7) is 0.970. The number of nitrogens with one attached hydrogen (secondary N) is 1. The molecule has 1 aliphatic rings. The summed E-state index contributed by atoms with van der Waals surface area (Å²) in [7, 11) is 0. The molecular formula is C21H24N4OS. The monoisotopic (exact) mass is 380 g/mol. The van der Waals surface area contributed by atoms with Gasteiger partial charge in [0, 0.05) is 30.4 Å². The van der Waals surface area contributed by atoms with E-state index in [1.807, 2.05) is 53.5 Å². The van der Waals surface area contributed by atoms with E-state index < -0.39 is 0 Å². The van der Waals surface area contributed by atoms with Crippen molar-refractivity contribution in [3.63, 3.8) is 0 Å². The molecule has 3 aromatic rings. The Labute approximate surface area is 163 Å². The van der Waals surface area contributed by atoms with Crippen molar-refractivity contribution in [3.8, 4) is 0 Å². The van der Waals surface area contributed by atoms with E-state index in [2.05, 4.69) is 10.4 Å². The number of carbonyl (C=O) groups is 1. The lowest BCUT2D eigenvalue weighted by Crippen LogP contribution is -2.25. The molecule has 1 fully saturated rings. The molecule has 1 aromatic carbocycles. The molecule has 0 spiro atoms. The second kappa shape index (κ2) is 8.57. The van der Waals surface area contributed by atoms with Crippen molar-refractivity contribution in [2.24, 2.45) is 0 Å². The van der Waals surface area contributed by atoms with Gasteiger partial charge in [-0.25, -0.2) is 4.98 Å². The first-order chi connectivity index (χ1) is 13.3. The first-order valence-corrected chi connectivity index (χ1v) is 10.6. The number of fused-ring (bicyclic) bond motifs is 1. The van der Waals surface area contributed by atoms with Gasteiger partial charge in [-0.3, -0.25) is 9.48 Å². The van der Waals surface area contributed by atoms with Crippen LogP contribution in [0.2, 0.25) is 0 Å². The number of carbonyl (C=O) groups excluding carboxylic acids is 1. The van der Waals surface area contributed by atoms with Crippen LogP contribution in [0, 0.1) is 0 Å². The third-order valence-corrected chi connectivity index (χ3v) is 5.69. The molecule has 0 unspecified atom stereocenters. The molecular weight excluding hydrogens is 356 g/mol. The van der Waals surface area contributed by atoms with Gasteiger partial charge >= 0.3 is 0 Å². The van der Waals surface area contributed by atoms with E-state index in [1.54, 1.807) is 11.8 Å². The van der Waals surface area contributed by atoms with Gasteiger partial charge in [0.25, 0.3) is 5.91 Å². The Morgan fingerprint density at radius 1 is 1.19 bits per heavy atom. The number of aromatic nitrogens is 3. The van der Waals surface area contributed by atoms with E-state index in [0.29, 0.717) is 6.04 Å². The topological polar surface area (TPSA) is 59.8 Å². The number of hydrogen-bond donors (Lipinski definition) is 1. The fourth-order valence-corrected chi connectivity index (χ4v) is 3.99. The Kier molecular flexibility index (Phi) is 5.72. The largest absolute Gasteiger partial charge is 0.349 e. The van der Waals surface area contributed by atoms with Gasteiger partial charge in [-0.1, -0.05) is 24.6 Å². The van der Waals surface area contributed by atoms with Gasteiger partial charge in [0.15, 0.2) is 0 Å². The molecule has 5 nitrogen and oxygen atoms in total. The summed E-state index contributed by atoms with van der Waals surface area (Å²) < 4.78 is 1.97. The highest BCUT2D eigenvalue weighted by molar-refractivity contribution is 7.99. The van der Waals surface area contributed by atoms with E-state index in [0.717, 1.165) is 65.9 Å². The predicted molar refractivity (Wildman–Crippen MR) is 109 cm³/mol. The molecule has 4 rings (SSSR count). The SMILES string of the molecule is O=C(NC1CC1)c1cc(SCCCCCn2cccn2)nc2ccccc12. The van der Waals surface area contributed by atoms with Gasteiger partial charge in [-0.2, -0.15) is 5.10 Å². The van der Waals surface area contributed by atoms with Crippen LogP contribution in [0.25, 0.3) is 10.9 Å². The molecule has 0 aliphatic heterocycles. The molecule has 6 heteroatoms. The van der Waals surface area contributed by atoms with Crippen LogP contribution in [0.1, 0.15) is 42.5 Å². The van der Waals surface area contributed by atoms with Crippen LogP contribution < -0.4 is 5.32 Å². The Morgan fingerprint density at radius 3 is 2.89 bits per heavy atom. The van der Waals surface area contributed by atoms with Crippen molar-refractivity contribution >= 4 is 28.6 Å². The highest BCUT2D eigenvalue weighted by Gasteiger charge is 2.25. The first kappa shape index (κ1) is 18.0. The van der Waals surface area contributed by atoms with Gasteiger partial charge in [0.1, 0.15) is 0 Å². The molecule has 2 heterocycles. The highest BCUT2D eigenvalue weighted by Crippen LogP contribution is 2.26. The summed E-state index contributed by atoms with van der Waals surface area (Å²) >= 11 is 1.74. The fraction of sp³-hybridized carbons (Fsp3) is 0.381. The maximum absolute atomic E-state index is 12.6. The molecule has 27 heavy (non-hydrogen) atoms. The molecule has 1 saturated carbocycles. The van der Waals surface area contributed by atoms with E-state index in [9.17, 15) is 4.79 Å². The number of aryl methyl sites for hydroxylation is 1. The fourth-order valence-electron chi connectivity index (χ4n) is 3.07. The summed E-state index contributed by atoms with van der Waals surface area (Å²) in [5.74, 6) is 1.03. The number of rotatable bonds is 9. The maximum Gasteiger partial charge on any atom is 0.252 e. The molecule has 2 aromatic heterocycles. The quantitative estimate of drug-likeness (QED) is 0.444. The van der Waals surface area contributed by atoms with E-state index >= 15 is 0 Å². The smallest absolute Gasteiger partial charge is 0.252 e. The predicted octanol–water partition coefficient (Wildman–Crippen LogP) is 4.29. The molecule has 1 aliphatic carbocycles. The van der Waals surface area contributed by atoms with Crippen molar-refractivity contribution in [3.05, 3.63) is 54.4 Å². The van der Waals surface area contributed by atoms with Crippen molar-refractivity contribution in [1.82, 2.24) is 20.1 Å². The average molecular weight is 381 g/mol. The van der Waals surface area contributed by atoms with Gasteiger partial charge in [0.05, 0.1) is 16.1 Å². The summed E-state index contributed by atoms with van der Waals surface area (Å²) in [6.07, 6.45) is 9.42. The lowest BCUT2D eigenvalue weighted by molar-refractivity contribution is 0.0952. The maximum atomic E-state index is 12.6. The summed E-state index contributed by atoms with van der Waals surface area (Å²) in [6, 6.07) is 12.2. The van der Waals surface area contributed by atoms with E-state index in [-0.39, 0.29) is 5.91 Å². The minimum atomic E-state index is 0.0252. The van der Waals surface area contributed by atoms with Crippen LogP contribution in [0.3, 0.4) is 0 Å². The molecule has 1 amide bonds. The normalized spacial score (nSPS) is 13.8. The molecule has 0 saturated heterocycles. The summed E-state index contributed by atoms with van der Waals surface area (Å²) in [4.78, 5) is 17.4. The number of para-hydroxylation sites is 1. The average Bonchev–Trinajstić information content (AvgIpc) is 3.35. The molecule has 0 atom stereocenters. The van der Waals surface area contributed by atoms with Crippen LogP contribution in [0.4, 0.5) is 0 Å². The van der Waals surface area contributed by atoms with Crippen molar-refractivity contribution in [2.45, 2.75) is 49.7 Å². The van der Waals surface area contributed by atoms with Crippen LogP contribution in [0.15, 0.2) is 53.8 Å². The van der Waals surface area contributed by atoms with Gasteiger partial charge in [-0.05, 0) is 49.6 Å². The van der Waals surface area contributed by atoms with Crippen LogP contribution >= 0.6 is 11.8 Å². The standard InChI is InChI=1S/C21H24N4OS/c26-21(23-16-9-10-16)18-15-20(24-19-8-3-2-7-17(18)19)27-14-5-1-4-12-25-13-6-11-22-25/h2-3,6-8,11,13,15-16H,1,4-5,9-10,12,14H2,(H,23,26). The Bertz CT molecular complexity index is 906. The third kappa shape index (κ3) is 4.89. The van der Waals surface area contributed by atoms with Crippen LogP contribution in [-0.4, -0.2) is 32.5 Å². The number of amides is 1. The number of pyridine rings is 1. The zero-order valence-electron chi connectivity index (χ0n) is 15.3. The Morgan fingerprint density at radius 2 is 2.07 bits per heavy atom. The summed E-state index contributed by atoms with van der Waals surface area (Å²) in [5.41, 5.74) is 1.64. The zero-order chi connectivity index (χ0) is 18.5. The zero-order valence-corrected chi connectivity index (χ0v) is 16.1. The minimum absolute atomic E-state index is 0.0252. The molecule has 140 valence electrons. The van der Waals surface area contributed by atoms with Crippen molar-refractivity contribution in [1.29, 1.82) is 0 Å².